The predicted molar refractivity (Wildman–Crippen MR) is 157 cm³/mol. The number of hydrogen-bond acceptors (Lipinski definition) is 7. The number of pyridine rings is 1. The van der Waals surface area contributed by atoms with Crippen LogP contribution in [-0.2, 0) is 10.2 Å². The molecule has 7 rings (SSSR count). The Morgan fingerprint density at radius 3 is 2.45 bits per heavy atom. The standard InChI is InChI=1S/C34H27N3O5/c1-41-26-14-13-21(18-27(26)42-2)31(39)29-28(30(38)22-9-7-16-35-19-22)34(24-11-5-6-12-25(24)36-33(34)40)32-23-10-4-3-8-20(23)15-17-37(29)32/h3-19,28-29,32H,1-2H3,(H,36,40)/t28-,29+,32-,34+/m1/s1. The van der Waals surface area contributed by atoms with Crippen LogP contribution >= 0.6 is 0 Å². The number of methoxy groups -OCH3 is 2. The number of ketones is 2. The van der Waals surface area contributed by atoms with Crippen molar-refractivity contribution >= 4 is 29.2 Å². The van der Waals surface area contributed by atoms with Gasteiger partial charge in [-0.2, -0.15) is 0 Å². The van der Waals surface area contributed by atoms with Gasteiger partial charge in [0.2, 0.25) is 5.91 Å². The molecule has 1 N–H and O–H groups in total. The summed E-state index contributed by atoms with van der Waals surface area (Å²) in [7, 11) is 3.03. The van der Waals surface area contributed by atoms with Crippen LogP contribution in [-0.4, -0.2) is 47.6 Å². The van der Waals surface area contributed by atoms with Crippen molar-refractivity contribution in [1.29, 1.82) is 0 Å². The van der Waals surface area contributed by atoms with E-state index in [1.54, 1.807) is 36.5 Å². The fourth-order valence-corrected chi connectivity index (χ4v) is 7.02. The molecule has 8 nitrogen and oxygen atoms in total. The van der Waals surface area contributed by atoms with Crippen LogP contribution in [0.25, 0.3) is 6.08 Å². The van der Waals surface area contributed by atoms with Crippen molar-refractivity contribution in [1.82, 2.24) is 9.88 Å². The fraction of sp³-hybridized carbons (Fsp3) is 0.176. The highest BCUT2D eigenvalue weighted by Gasteiger charge is 2.70. The second-order valence-corrected chi connectivity index (χ2v) is 10.6. The monoisotopic (exact) mass is 557 g/mol. The van der Waals surface area contributed by atoms with E-state index in [4.69, 9.17) is 9.47 Å². The van der Waals surface area contributed by atoms with Gasteiger partial charge in [0.1, 0.15) is 11.5 Å². The number of nitrogens with zero attached hydrogens (tertiary/aromatic N) is 2. The number of para-hydroxylation sites is 1. The van der Waals surface area contributed by atoms with Crippen LogP contribution in [0.15, 0.2) is 97.5 Å². The van der Waals surface area contributed by atoms with Gasteiger partial charge >= 0.3 is 0 Å². The number of rotatable bonds is 6. The zero-order valence-electron chi connectivity index (χ0n) is 23.0. The van der Waals surface area contributed by atoms with Crippen molar-refractivity contribution in [2.45, 2.75) is 17.5 Å². The van der Waals surface area contributed by atoms with Crippen molar-refractivity contribution in [2.75, 3.05) is 19.5 Å². The number of aromatic nitrogens is 1. The smallest absolute Gasteiger partial charge is 0.238 e. The molecular weight excluding hydrogens is 530 g/mol. The molecule has 3 aliphatic heterocycles. The third kappa shape index (κ3) is 3.48. The average molecular weight is 558 g/mol. The summed E-state index contributed by atoms with van der Waals surface area (Å²) in [5.41, 5.74) is 2.41. The van der Waals surface area contributed by atoms with Crippen LogP contribution in [0.3, 0.4) is 0 Å². The number of anilines is 1. The summed E-state index contributed by atoms with van der Waals surface area (Å²) in [5, 5.41) is 3.06. The van der Waals surface area contributed by atoms with Gasteiger partial charge in [0.05, 0.1) is 26.2 Å². The number of nitrogens with one attached hydrogen (secondary N) is 1. The van der Waals surface area contributed by atoms with Crippen LogP contribution in [0.4, 0.5) is 5.69 Å². The van der Waals surface area contributed by atoms with Gasteiger partial charge in [0, 0.05) is 35.4 Å². The molecule has 1 fully saturated rings. The van der Waals surface area contributed by atoms with Crippen molar-refractivity contribution in [2.24, 2.45) is 5.92 Å². The Hall–Kier alpha value is -5.24. The minimum absolute atomic E-state index is 0.304. The zero-order chi connectivity index (χ0) is 29.0. The number of ether oxygens (including phenoxy) is 2. The lowest BCUT2D eigenvalue weighted by Crippen LogP contribution is -2.49. The molecule has 208 valence electrons. The Bertz CT molecular complexity index is 1790. The molecule has 1 amide bonds. The molecule has 1 saturated heterocycles. The Labute approximate surface area is 242 Å². The summed E-state index contributed by atoms with van der Waals surface area (Å²) in [4.78, 5) is 50.0. The summed E-state index contributed by atoms with van der Waals surface area (Å²) in [5.74, 6) is -1.14. The number of amides is 1. The van der Waals surface area contributed by atoms with Crippen LogP contribution < -0.4 is 14.8 Å². The minimum Gasteiger partial charge on any atom is -0.493 e. The average Bonchev–Trinajstić information content (AvgIpc) is 3.52. The minimum atomic E-state index is -1.40. The van der Waals surface area contributed by atoms with Gasteiger partial charge < -0.3 is 19.7 Å². The van der Waals surface area contributed by atoms with Gasteiger partial charge in [-0.1, -0.05) is 42.5 Å². The molecule has 0 unspecified atom stereocenters. The number of carbonyl (C=O) groups is 3. The van der Waals surface area contributed by atoms with Gasteiger partial charge in [0.15, 0.2) is 23.1 Å². The molecular formula is C34H27N3O5. The molecule has 3 aromatic carbocycles. The second-order valence-electron chi connectivity index (χ2n) is 10.6. The summed E-state index contributed by atoms with van der Waals surface area (Å²) in [6, 6.07) is 22.0. The number of carbonyl (C=O) groups excluding carboxylic acids is 3. The highest BCUT2D eigenvalue weighted by Crippen LogP contribution is 2.62. The van der Waals surface area contributed by atoms with E-state index in [2.05, 4.69) is 10.3 Å². The lowest BCUT2D eigenvalue weighted by Gasteiger charge is -2.38. The van der Waals surface area contributed by atoms with Gasteiger partial charge in [-0.3, -0.25) is 19.4 Å². The third-order valence-electron chi connectivity index (χ3n) is 8.74. The first kappa shape index (κ1) is 25.7. The molecule has 4 heterocycles. The third-order valence-corrected chi connectivity index (χ3v) is 8.74. The highest BCUT2D eigenvalue weighted by molar-refractivity contribution is 6.16. The molecule has 1 aromatic heterocycles. The summed E-state index contributed by atoms with van der Waals surface area (Å²) >= 11 is 0. The van der Waals surface area contributed by atoms with Crippen LogP contribution in [0.5, 0.6) is 11.5 Å². The SMILES string of the molecule is COc1ccc(C(=O)[C@@H]2[C@H](C(=O)c3cccnc3)[C@]3(C(=O)Nc4ccccc43)[C@H]3c4ccccc4C=CN23)cc1OC. The van der Waals surface area contributed by atoms with E-state index in [1.165, 1.54) is 20.4 Å². The Balaban J connectivity index is 1.52. The van der Waals surface area contributed by atoms with Crippen molar-refractivity contribution in [3.63, 3.8) is 0 Å². The van der Waals surface area contributed by atoms with Crippen molar-refractivity contribution in [3.8, 4) is 11.5 Å². The largest absolute Gasteiger partial charge is 0.493 e. The summed E-state index contributed by atoms with van der Waals surface area (Å²) in [6.45, 7) is 0. The van der Waals surface area contributed by atoms with Crippen LogP contribution in [0.2, 0.25) is 0 Å². The molecule has 4 aromatic rings. The lowest BCUT2D eigenvalue weighted by molar-refractivity contribution is -0.122. The second kappa shape index (κ2) is 9.69. The number of Topliss-reactive ketones (excluding diaryl/α,β-unsaturated/α-hetero) is 2. The van der Waals surface area contributed by atoms with Gasteiger partial charge in [-0.25, -0.2) is 0 Å². The lowest BCUT2D eigenvalue weighted by atomic mass is 9.62. The maximum Gasteiger partial charge on any atom is 0.238 e. The van der Waals surface area contributed by atoms with Crippen molar-refractivity contribution < 1.29 is 23.9 Å². The van der Waals surface area contributed by atoms with Gasteiger partial charge in [0.25, 0.3) is 0 Å². The highest BCUT2D eigenvalue weighted by atomic mass is 16.5. The molecule has 8 heteroatoms. The van der Waals surface area contributed by atoms with Gasteiger partial charge in [-0.15, -0.1) is 0 Å². The van der Waals surface area contributed by atoms with E-state index in [0.717, 1.165) is 11.1 Å². The fourth-order valence-electron chi connectivity index (χ4n) is 7.02. The Morgan fingerprint density at radius 1 is 0.881 bits per heavy atom. The topological polar surface area (TPSA) is 97.8 Å². The first-order chi connectivity index (χ1) is 20.5. The normalized spacial score (nSPS) is 23.1. The molecule has 0 aliphatic carbocycles. The summed E-state index contributed by atoms with van der Waals surface area (Å²) < 4.78 is 10.9. The number of fused-ring (bicyclic) bond motifs is 6. The molecule has 42 heavy (non-hydrogen) atoms. The van der Waals surface area contributed by atoms with E-state index < -0.39 is 23.4 Å². The quantitative estimate of drug-likeness (QED) is 0.330. The molecule has 0 bridgehead atoms. The number of hydrogen-bond donors (Lipinski definition) is 1. The Morgan fingerprint density at radius 2 is 1.67 bits per heavy atom. The summed E-state index contributed by atoms with van der Waals surface area (Å²) in [6.07, 6.45) is 6.87. The van der Waals surface area contributed by atoms with E-state index in [0.29, 0.717) is 33.9 Å². The van der Waals surface area contributed by atoms with E-state index >= 15 is 0 Å². The molecule has 1 spiro atoms. The van der Waals surface area contributed by atoms with E-state index in [-0.39, 0.29) is 17.5 Å². The van der Waals surface area contributed by atoms with Crippen molar-refractivity contribution in [3.05, 3.63) is 125 Å². The maximum absolute atomic E-state index is 14.7. The number of benzene rings is 3. The van der Waals surface area contributed by atoms with Crippen LogP contribution in [0, 0.1) is 5.92 Å². The van der Waals surface area contributed by atoms with E-state index in [9.17, 15) is 14.4 Å². The predicted octanol–water partition coefficient (Wildman–Crippen LogP) is 5.08. The molecule has 0 radical (unpaired) electrons. The van der Waals surface area contributed by atoms with Gasteiger partial charge in [-0.05, 0) is 59.2 Å². The Kier molecular flexibility index (Phi) is 5.93. The molecule has 4 atom stereocenters. The first-order valence-corrected chi connectivity index (χ1v) is 13.7. The van der Waals surface area contributed by atoms with Crippen LogP contribution in [0.1, 0.15) is 43.4 Å². The van der Waals surface area contributed by atoms with E-state index in [1.807, 2.05) is 65.7 Å². The zero-order valence-corrected chi connectivity index (χ0v) is 23.0. The first-order valence-electron chi connectivity index (χ1n) is 13.7. The molecule has 0 saturated carbocycles. The molecule has 3 aliphatic rings. The maximum atomic E-state index is 14.7.